The number of rotatable bonds is 40. The van der Waals surface area contributed by atoms with E-state index in [0.717, 1.165) is 27.7 Å². The van der Waals surface area contributed by atoms with Gasteiger partial charge in [-0.15, -0.1) is 11.8 Å². The number of aliphatic carboxylic acids is 1. The summed E-state index contributed by atoms with van der Waals surface area (Å²) >= 11 is 0.920. The number of aromatic carboxylic acids is 1. The molecule has 0 saturated carbocycles. The summed E-state index contributed by atoms with van der Waals surface area (Å²) in [5.41, 5.74) is 31.4. The molecule has 0 spiro atoms. The lowest BCUT2D eigenvalue weighted by atomic mass is 9.87. The number of primary amides is 1. The molecule has 3 aromatic carbocycles. The second kappa shape index (κ2) is 37.1. The van der Waals surface area contributed by atoms with Gasteiger partial charge in [-0.05, 0) is 111 Å². The summed E-state index contributed by atoms with van der Waals surface area (Å²) in [6.07, 6.45) is -1.84. The Morgan fingerprint density at radius 1 is 0.750 bits per heavy atom. The van der Waals surface area contributed by atoms with Crippen molar-refractivity contribution in [2.24, 2.45) is 62.3 Å². The van der Waals surface area contributed by atoms with E-state index in [4.69, 9.17) is 33.1 Å². The number of nitrogens with two attached hydrogens (primary N) is 5. The SMILES string of the molecule is CC[C@H](C)[C@H](NC)C(=O)C[C@@H](CCC(=O)O)C(=O)N[C@@H](CCCN=C(N)N)C(=O)C[C@@H](Cc1ccc(O)cc1)C(=O)N[C@@H](CCCN=C(N)N)C(=O)CC(CSC1CC(=O)N(CCNC(=O)c2ccc(C(=O)O)c(-c3c4ccc(=[N+](C)C)cc-4oc4cc(N(C)C)ccc34)c2)C1=O)C(N)=O. The number of hydrogen-bond acceptors (Lipinski definition) is 18. The zero-order valence-corrected chi connectivity index (χ0v) is 58.2. The molecule has 538 valence electrons. The average Bonchev–Trinajstić information content (AvgIpc) is 0.858. The van der Waals surface area contributed by atoms with Gasteiger partial charge in [0.2, 0.25) is 34.9 Å². The molecule has 2 aliphatic heterocycles. The first kappa shape index (κ1) is 78.8. The van der Waals surface area contributed by atoms with E-state index in [1.165, 1.54) is 42.5 Å². The maximum atomic E-state index is 14.8. The summed E-state index contributed by atoms with van der Waals surface area (Å²) in [6.45, 7) is 3.34. The van der Waals surface area contributed by atoms with E-state index in [0.29, 0.717) is 39.8 Å². The van der Waals surface area contributed by atoms with Crippen molar-refractivity contribution in [2.75, 3.05) is 72.1 Å². The molecule has 1 saturated heterocycles. The average molecular weight is 1400 g/mol. The molecular formula is C70H93N14O15S+. The van der Waals surface area contributed by atoms with Crippen molar-refractivity contribution in [1.29, 1.82) is 0 Å². The van der Waals surface area contributed by atoms with Crippen LogP contribution in [0.2, 0.25) is 0 Å². The van der Waals surface area contributed by atoms with E-state index in [1.54, 1.807) is 7.05 Å². The van der Waals surface area contributed by atoms with Crippen molar-refractivity contribution in [2.45, 2.75) is 114 Å². The Labute approximate surface area is 583 Å². The number of amides is 6. The number of aliphatic imine (C=N–C) groups is 2. The number of fused-ring (bicyclic) bond motifs is 2. The molecule has 0 bridgehead atoms. The standard InChI is InChI=1S/C70H92N14O15S/c1-8-38(2)62(76-3)55(88)31-41(16-24-60(90)91)65(94)80-51(11-9-25-78-69(72)73)53(86)32-42(29-39-13-19-46(85)20-14-39)66(95)81-52(12-10-26-79-70(74)75)54(87)33-43(63(71)92)37-100-58-36-59(89)84(67(58)96)28-27-77-64(93)40-15-21-47(68(97)98)50(30-40)61-48-22-17-44(82(4)5)34-56(48)99-57-35-45(83(6)7)18-23-49(57)61/h13-15,17-23,30,34-35,38,41-43,51-52,58,62,76H,8-12,16,24-29,31-33,36-37H2,1-7H3,(H15-,71,72,73,74,75,77,78,79,80,81,85,90,91,92,93,94,95,97,98)/p+1/t38-,41+,42+,43?,51-,52-,58?,62-/m0/s1. The molecule has 17 N–H and O–H groups in total. The predicted molar refractivity (Wildman–Crippen MR) is 380 cm³/mol. The first-order chi connectivity index (χ1) is 47.4. The monoisotopic (exact) mass is 1400 g/mol. The minimum atomic E-state index is -1.35. The number of nitrogens with zero attached hydrogens (tertiary/aromatic N) is 5. The van der Waals surface area contributed by atoms with E-state index in [1.807, 2.05) is 87.9 Å². The van der Waals surface area contributed by atoms with E-state index in [9.17, 15) is 68.1 Å². The number of carbonyl (C=O) groups excluding carboxylic acids is 9. The molecule has 0 aromatic heterocycles. The molecule has 2 unspecified atom stereocenters. The number of phenolic OH excluding ortho intramolecular Hbond substituents is 1. The maximum Gasteiger partial charge on any atom is 0.336 e. The normalized spacial score (nSPS) is 14.9. The van der Waals surface area contributed by atoms with Crippen molar-refractivity contribution in [3.63, 3.8) is 0 Å². The van der Waals surface area contributed by atoms with Gasteiger partial charge < -0.3 is 74.6 Å². The van der Waals surface area contributed by atoms with Gasteiger partial charge in [-0.3, -0.25) is 62.8 Å². The van der Waals surface area contributed by atoms with Crippen molar-refractivity contribution in [3.8, 4) is 28.2 Å². The van der Waals surface area contributed by atoms with Crippen LogP contribution in [0.5, 0.6) is 5.75 Å². The fraction of sp³-hybridized carbons (Fsp3) is 0.457. The number of nitrogens with one attached hydrogen (secondary N) is 4. The van der Waals surface area contributed by atoms with E-state index in [2.05, 4.69) is 31.3 Å². The van der Waals surface area contributed by atoms with Gasteiger partial charge in [0, 0.05) is 130 Å². The number of Topliss-reactive ketones (excluding diaryl/α,β-unsaturated/α-hetero) is 3. The Balaban J connectivity index is 1.17. The molecule has 3 aliphatic rings. The summed E-state index contributed by atoms with van der Waals surface area (Å²) in [5, 5.41) is 41.9. The van der Waals surface area contributed by atoms with Crippen LogP contribution in [0.1, 0.15) is 111 Å². The molecular weight excluding hydrogens is 1310 g/mol. The first-order valence-electron chi connectivity index (χ1n) is 33.0. The number of carbonyl (C=O) groups is 11. The number of guanidine groups is 2. The number of benzene rings is 4. The van der Waals surface area contributed by atoms with E-state index >= 15 is 0 Å². The maximum absolute atomic E-state index is 14.8. The highest BCUT2D eigenvalue weighted by atomic mass is 32.2. The molecule has 6 amide bonds. The first-order valence-corrected chi connectivity index (χ1v) is 34.0. The fourth-order valence-corrected chi connectivity index (χ4v) is 13.1. The molecule has 1 aliphatic carbocycles. The quantitative estimate of drug-likeness (QED) is 0.00668. The zero-order valence-electron chi connectivity index (χ0n) is 57.4. The number of likely N-dealkylation sites (N-methyl/N-ethyl adjacent to an activating group) is 1. The van der Waals surface area contributed by atoms with Gasteiger partial charge in [0.25, 0.3) is 5.91 Å². The lowest BCUT2D eigenvalue weighted by molar-refractivity contribution is -0.139. The highest BCUT2D eigenvalue weighted by Crippen LogP contribution is 2.42. The second-order valence-electron chi connectivity index (χ2n) is 25.3. The van der Waals surface area contributed by atoms with Crippen molar-refractivity contribution < 1.29 is 72.5 Å². The lowest BCUT2D eigenvalue weighted by Crippen LogP contribution is -2.48. The molecule has 30 heteroatoms. The van der Waals surface area contributed by atoms with Gasteiger partial charge in [0.05, 0.1) is 40.9 Å². The Bertz CT molecular complexity index is 3940. The molecule has 3 aromatic rings. The number of hydrogen-bond donors (Lipinski definition) is 12. The summed E-state index contributed by atoms with van der Waals surface area (Å²) in [5.74, 6) is -12.6. The van der Waals surface area contributed by atoms with Crippen molar-refractivity contribution >= 4 is 105 Å². The number of ketones is 3. The molecule has 1 fully saturated rings. The molecule has 8 atom stereocenters. The molecule has 100 heavy (non-hydrogen) atoms. The van der Waals surface area contributed by atoms with Crippen molar-refractivity contribution in [1.82, 2.24) is 30.7 Å². The van der Waals surface area contributed by atoms with Gasteiger partial charge in [0.15, 0.2) is 29.3 Å². The van der Waals surface area contributed by atoms with Gasteiger partial charge in [-0.1, -0.05) is 32.4 Å². The third-order valence-electron chi connectivity index (χ3n) is 17.6. The summed E-state index contributed by atoms with van der Waals surface area (Å²) in [6, 6.07) is 17.7. The molecule has 6 rings (SSSR count). The number of thioether (sulfide) groups is 1. The number of carboxylic acid groups (broad SMARTS) is 2. The van der Waals surface area contributed by atoms with Crippen LogP contribution in [0.4, 0.5) is 5.69 Å². The smallest absolute Gasteiger partial charge is 0.336 e. The van der Waals surface area contributed by atoms with Gasteiger partial charge in [-0.25, -0.2) is 9.37 Å². The highest BCUT2D eigenvalue weighted by molar-refractivity contribution is 8.00. The van der Waals surface area contributed by atoms with Crippen LogP contribution in [0.15, 0.2) is 93.3 Å². The Morgan fingerprint density at radius 2 is 1.36 bits per heavy atom. The molecule has 2 heterocycles. The zero-order chi connectivity index (χ0) is 73.7. The minimum Gasteiger partial charge on any atom is -0.508 e. The number of imide groups is 1. The fourth-order valence-electron chi connectivity index (χ4n) is 11.8. The van der Waals surface area contributed by atoms with Crippen LogP contribution in [0, 0.1) is 23.7 Å². The summed E-state index contributed by atoms with van der Waals surface area (Å²) in [7, 11) is 9.11. The number of phenols is 1. The van der Waals surface area contributed by atoms with Crippen LogP contribution >= 0.6 is 11.8 Å². The van der Waals surface area contributed by atoms with Crippen molar-refractivity contribution in [3.05, 3.63) is 101 Å². The van der Waals surface area contributed by atoms with Gasteiger partial charge in [-0.2, -0.15) is 0 Å². The Kier molecular flexibility index (Phi) is 29.2. The van der Waals surface area contributed by atoms with Crippen LogP contribution in [-0.2, 0) is 49.6 Å². The van der Waals surface area contributed by atoms with Crippen LogP contribution in [0.3, 0.4) is 0 Å². The molecule has 29 nitrogen and oxygen atoms in total. The largest absolute Gasteiger partial charge is 0.508 e. The number of aromatic hydroxyl groups is 1. The third kappa shape index (κ3) is 22.1. The van der Waals surface area contributed by atoms with Crippen LogP contribution in [0.25, 0.3) is 33.4 Å². The highest BCUT2D eigenvalue weighted by Gasteiger charge is 2.40. The minimum absolute atomic E-state index is 0.0100. The predicted octanol–water partition coefficient (Wildman–Crippen LogP) is 2.33. The van der Waals surface area contributed by atoms with Crippen LogP contribution in [-0.4, -0.2) is 187 Å². The number of carboxylic acids is 2. The Morgan fingerprint density at radius 3 is 1.92 bits per heavy atom. The van der Waals surface area contributed by atoms with Gasteiger partial charge in [0.1, 0.15) is 31.2 Å². The third-order valence-corrected chi connectivity index (χ3v) is 19.0. The summed E-state index contributed by atoms with van der Waals surface area (Å²) < 4.78 is 8.33. The van der Waals surface area contributed by atoms with Gasteiger partial charge >= 0.3 is 11.9 Å². The number of likely N-dealkylation sites (tertiary alicyclic amines) is 1. The molecule has 0 radical (unpaired) electrons. The topological polar surface area (TPSA) is 474 Å². The van der Waals surface area contributed by atoms with E-state index < -0.39 is 119 Å². The van der Waals surface area contributed by atoms with E-state index in [-0.39, 0.29) is 129 Å². The lowest BCUT2D eigenvalue weighted by Gasteiger charge is -2.26. The summed E-state index contributed by atoms with van der Waals surface area (Å²) in [4.78, 5) is 162. The Hall–Kier alpha value is -10.2. The van der Waals surface area contributed by atoms with Crippen LogP contribution < -0.4 is 64.8 Å². The second-order valence-corrected chi connectivity index (χ2v) is 26.6. The number of anilines is 1.